The molecule has 7 nitrogen and oxygen atoms in total. The predicted molar refractivity (Wildman–Crippen MR) is 114 cm³/mol. The van der Waals surface area contributed by atoms with Gasteiger partial charge in [-0.3, -0.25) is 9.59 Å². The van der Waals surface area contributed by atoms with Gasteiger partial charge >= 0.3 is 0 Å². The second-order valence-corrected chi connectivity index (χ2v) is 6.75. The lowest BCUT2D eigenvalue weighted by atomic mass is 10.2. The number of pyridine rings is 1. The molecule has 2 heterocycles. The van der Waals surface area contributed by atoms with Crippen molar-refractivity contribution in [3.8, 4) is 6.07 Å². The molecule has 0 spiro atoms. The lowest BCUT2D eigenvalue weighted by Gasteiger charge is -2.35. The van der Waals surface area contributed by atoms with Crippen LogP contribution in [-0.2, 0) is 9.59 Å². The number of anilines is 1. The van der Waals surface area contributed by atoms with Crippen molar-refractivity contribution in [2.45, 2.75) is 0 Å². The lowest BCUT2D eigenvalue weighted by molar-refractivity contribution is -0.126. The van der Waals surface area contributed by atoms with Crippen LogP contribution in [0.15, 0.2) is 54.6 Å². The van der Waals surface area contributed by atoms with E-state index >= 15 is 0 Å². The summed E-state index contributed by atoms with van der Waals surface area (Å²) in [6.45, 7) is 2.14. The van der Waals surface area contributed by atoms with Gasteiger partial charge in [-0.2, -0.15) is 5.26 Å². The molecule has 1 saturated heterocycles. The van der Waals surface area contributed by atoms with Crippen LogP contribution in [0, 0.1) is 11.3 Å². The number of hydrogen-bond donors (Lipinski definition) is 1. The van der Waals surface area contributed by atoms with Crippen molar-refractivity contribution in [2.75, 3.05) is 37.7 Å². The van der Waals surface area contributed by atoms with E-state index in [1.165, 1.54) is 18.2 Å². The van der Waals surface area contributed by atoms with Crippen LogP contribution in [0.5, 0.6) is 0 Å². The van der Waals surface area contributed by atoms with E-state index in [0.717, 1.165) is 18.8 Å². The summed E-state index contributed by atoms with van der Waals surface area (Å²) in [6, 6.07) is 14.9. The van der Waals surface area contributed by atoms with Crippen LogP contribution in [0.1, 0.15) is 17.0 Å². The van der Waals surface area contributed by atoms with E-state index < -0.39 is 12.4 Å². The van der Waals surface area contributed by atoms with Crippen molar-refractivity contribution < 1.29 is 14.7 Å². The fraction of sp³-hybridized carbons (Fsp3) is 0.217. The molecule has 7 heteroatoms. The number of aliphatic hydroxyl groups is 1. The van der Waals surface area contributed by atoms with Crippen LogP contribution in [0.3, 0.4) is 0 Å². The summed E-state index contributed by atoms with van der Waals surface area (Å²) in [4.78, 5) is 32.0. The number of piperazine rings is 1. The minimum Gasteiger partial charge on any atom is -0.388 e. The molecule has 1 fully saturated rings. The third kappa shape index (κ3) is 5.63. The second-order valence-electron chi connectivity index (χ2n) is 6.75. The molecule has 0 unspecified atom stereocenters. The maximum absolute atomic E-state index is 12.5. The average Bonchev–Trinajstić information content (AvgIpc) is 2.81. The van der Waals surface area contributed by atoms with E-state index in [9.17, 15) is 9.59 Å². The first-order chi connectivity index (χ1) is 14.6. The maximum Gasteiger partial charge on any atom is 0.246 e. The third-order valence-corrected chi connectivity index (χ3v) is 4.74. The summed E-state index contributed by atoms with van der Waals surface area (Å²) in [5, 5.41) is 17.6. The minimum atomic E-state index is -0.539. The highest BCUT2D eigenvalue weighted by Crippen LogP contribution is 2.17. The molecular weight excluding hydrogens is 380 g/mol. The number of carbonyl (C=O) groups is 2. The quantitative estimate of drug-likeness (QED) is 0.741. The van der Waals surface area contributed by atoms with E-state index in [-0.39, 0.29) is 5.91 Å². The van der Waals surface area contributed by atoms with Crippen molar-refractivity contribution in [2.24, 2.45) is 0 Å². The molecule has 152 valence electrons. The number of ketones is 1. The first-order valence-corrected chi connectivity index (χ1v) is 9.60. The van der Waals surface area contributed by atoms with Gasteiger partial charge in [-0.25, -0.2) is 4.98 Å². The van der Waals surface area contributed by atoms with Crippen LogP contribution in [0.4, 0.5) is 5.69 Å². The molecule has 0 radical (unpaired) electrons. The first kappa shape index (κ1) is 21.0. The molecule has 0 saturated carbocycles. The van der Waals surface area contributed by atoms with Crippen LogP contribution >= 0.6 is 0 Å². The maximum atomic E-state index is 12.5. The smallest absolute Gasteiger partial charge is 0.246 e. The molecule has 1 aliphatic heterocycles. The van der Waals surface area contributed by atoms with Crippen LogP contribution in [0.25, 0.3) is 12.2 Å². The van der Waals surface area contributed by atoms with E-state index in [2.05, 4.69) is 16.0 Å². The van der Waals surface area contributed by atoms with Crippen LogP contribution < -0.4 is 4.90 Å². The number of rotatable bonds is 6. The fourth-order valence-electron chi connectivity index (χ4n) is 3.08. The molecule has 0 atom stereocenters. The SMILES string of the molecule is N#Cc1ccc(N2CCN(C(=O)/C=C/c3cccc(/C=C/C(=O)CO)n3)CC2)cc1. The standard InChI is InChI=1S/C23H22N4O3/c24-16-18-4-8-21(9-5-18)26-12-14-27(15-13-26)23(30)11-7-20-3-1-2-19(25-20)6-10-22(29)17-28/h1-11,28H,12-15,17H2/b10-6+,11-7+. The molecule has 1 amide bonds. The normalized spacial score (nSPS) is 14.3. The van der Waals surface area contributed by atoms with Gasteiger partial charge in [0.25, 0.3) is 0 Å². The van der Waals surface area contributed by atoms with Gasteiger partial charge < -0.3 is 14.9 Å². The Labute approximate surface area is 175 Å². The zero-order valence-corrected chi connectivity index (χ0v) is 16.4. The molecule has 1 aromatic heterocycles. The van der Waals surface area contributed by atoms with Gasteiger partial charge in [0.2, 0.25) is 5.91 Å². The summed E-state index contributed by atoms with van der Waals surface area (Å²) in [7, 11) is 0. The van der Waals surface area contributed by atoms with Crippen molar-refractivity contribution in [1.82, 2.24) is 9.88 Å². The highest BCUT2D eigenvalue weighted by atomic mass is 16.3. The summed E-state index contributed by atoms with van der Waals surface area (Å²) < 4.78 is 0. The Morgan fingerprint density at radius 3 is 2.23 bits per heavy atom. The van der Waals surface area contributed by atoms with Crippen molar-refractivity contribution in [1.29, 1.82) is 5.26 Å². The molecule has 3 rings (SSSR count). The molecule has 2 aromatic rings. The van der Waals surface area contributed by atoms with Crippen molar-refractivity contribution in [3.63, 3.8) is 0 Å². The zero-order chi connectivity index (χ0) is 21.3. The lowest BCUT2D eigenvalue weighted by Crippen LogP contribution is -2.48. The molecular formula is C23H22N4O3. The Balaban J connectivity index is 1.55. The van der Waals surface area contributed by atoms with Gasteiger partial charge in [-0.15, -0.1) is 0 Å². The predicted octanol–water partition coefficient (Wildman–Crippen LogP) is 1.89. The Morgan fingerprint density at radius 1 is 1.00 bits per heavy atom. The topological polar surface area (TPSA) is 97.5 Å². The van der Waals surface area contributed by atoms with Gasteiger partial charge in [0.1, 0.15) is 6.61 Å². The number of benzene rings is 1. The summed E-state index contributed by atoms with van der Waals surface area (Å²) >= 11 is 0. The molecule has 1 aromatic carbocycles. The molecule has 1 N–H and O–H groups in total. The van der Waals surface area contributed by atoms with Crippen molar-refractivity contribution >= 4 is 29.5 Å². The Kier molecular flexibility index (Phi) is 7.09. The Hall–Kier alpha value is -3.76. The number of hydrogen-bond acceptors (Lipinski definition) is 6. The molecule has 1 aliphatic rings. The van der Waals surface area contributed by atoms with Crippen LogP contribution in [-0.4, -0.2) is 59.5 Å². The highest BCUT2D eigenvalue weighted by molar-refractivity contribution is 5.94. The van der Waals surface area contributed by atoms with Gasteiger partial charge in [0.15, 0.2) is 5.78 Å². The van der Waals surface area contributed by atoms with E-state index in [1.807, 2.05) is 12.1 Å². The zero-order valence-electron chi connectivity index (χ0n) is 16.4. The first-order valence-electron chi connectivity index (χ1n) is 9.60. The van der Waals surface area contributed by atoms with Crippen LogP contribution in [0.2, 0.25) is 0 Å². The fourth-order valence-corrected chi connectivity index (χ4v) is 3.08. The average molecular weight is 402 g/mol. The number of aromatic nitrogens is 1. The number of aliphatic hydroxyl groups excluding tert-OH is 1. The number of nitrogens with zero attached hydrogens (tertiary/aromatic N) is 4. The second kappa shape index (κ2) is 10.1. The van der Waals surface area contributed by atoms with E-state index in [0.29, 0.717) is 30.0 Å². The van der Waals surface area contributed by atoms with E-state index in [4.69, 9.17) is 10.4 Å². The number of carbonyl (C=O) groups excluding carboxylic acids is 2. The number of nitriles is 1. The third-order valence-electron chi connectivity index (χ3n) is 4.74. The largest absolute Gasteiger partial charge is 0.388 e. The molecule has 30 heavy (non-hydrogen) atoms. The summed E-state index contributed by atoms with van der Waals surface area (Å²) in [5.74, 6) is -0.472. The molecule has 0 bridgehead atoms. The van der Waals surface area contributed by atoms with Gasteiger partial charge in [0.05, 0.1) is 23.0 Å². The van der Waals surface area contributed by atoms with Gasteiger partial charge in [0, 0.05) is 37.9 Å². The highest BCUT2D eigenvalue weighted by Gasteiger charge is 2.19. The minimum absolute atomic E-state index is 0.0762. The Morgan fingerprint density at radius 2 is 1.63 bits per heavy atom. The van der Waals surface area contributed by atoms with Gasteiger partial charge in [-0.05, 0) is 54.6 Å². The summed E-state index contributed by atoms with van der Waals surface area (Å²) in [5.41, 5.74) is 2.86. The van der Waals surface area contributed by atoms with Crippen molar-refractivity contribution in [3.05, 3.63) is 71.6 Å². The monoisotopic (exact) mass is 402 g/mol. The molecule has 0 aliphatic carbocycles. The number of amides is 1. The van der Waals surface area contributed by atoms with E-state index in [1.54, 1.807) is 41.3 Å². The Bertz CT molecular complexity index is 998. The summed E-state index contributed by atoms with van der Waals surface area (Å²) in [6.07, 6.45) is 5.96. The van der Waals surface area contributed by atoms with Gasteiger partial charge in [-0.1, -0.05) is 6.07 Å².